The van der Waals surface area contributed by atoms with Crippen molar-refractivity contribution >= 4 is 11.8 Å². The molecule has 0 saturated heterocycles. The van der Waals surface area contributed by atoms with Gasteiger partial charge >= 0.3 is 0 Å². The maximum atomic E-state index is 4.30. The Kier molecular flexibility index (Phi) is 4.38. The fraction of sp³-hybridized carbons (Fsp3) is 0.467. The van der Waals surface area contributed by atoms with Crippen LogP contribution in [0.15, 0.2) is 30.3 Å². The van der Waals surface area contributed by atoms with Crippen molar-refractivity contribution in [3.8, 4) is 11.3 Å². The molecule has 1 saturated carbocycles. The lowest BCUT2D eigenvalue weighted by Crippen LogP contribution is -2.33. The molecule has 1 heterocycles. The van der Waals surface area contributed by atoms with E-state index in [0.29, 0.717) is 6.04 Å². The molecule has 0 spiro atoms. The Morgan fingerprint density at radius 1 is 1.25 bits per heavy atom. The summed E-state index contributed by atoms with van der Waals surface area (Å²) in [5.41, 5.74) is 3.07. The van der Waals surface area contributed by atoms with Gasteiger partial charge < -0.3 is 5.32 Å². The average Bonchev–Trinajstić information content (AvgIpc) is 3.14. The van der Waals surface area contributed by atoms with Gasteiger partial charge in [-0.1, -0.05) is 36.8 Å². The van der Waals surface area contributed by atoms with Crippen molar-refractivity contribution in [1.29, 1.82) is 0 Å². The standard InChI is InChI=1S/C15H20N4S/c1-20-14-9-5-8-12(14)16-10-13-15(18-19-17-13)11-6-3-2-4-7-11/h2-4,6-7,12,14,16H,5,8-10H2,1H3,(H,17,18,19). The van der Waals surface area contributed by atoms with Crippen LogP contribution in [0.2, 0.25) is 0 Å². The Morgan fingerprint density at radius 2 is 2.10 bits per heavy atom. The highest BCUT2D eigenvalue weighted by Crippen LogP contribution is 2.29. The van der Waals surface area contributed by atoms with Crippen molar-refractivity contribution in [2.24, 2.45) is 0 Å². The highest BCUT2D eigenvalue weighted by molar-refractivity contribution is 7.99. The molecule has 0 amide bonds. The zero-order valence-electron chi connectivity index (χ0n) is 11.7. The van der Waals surface area contributed by atoms with E-state index >= 15 is 0 Å². The van der Waals surface area contributed by atoms with Gasteiger partial charge in [-0.15, -0.1) is 0 Å². The van der Waals surface area contributed by atoms with Crippen LogP contribution in [0.1, 0.15) is 25.0 Å². The first-order chi connectivity index (χ1) is 9.88. The van der Waals surface area contributed by atoms with E-state index in [1.165, 1.54) is 19.3 Å². The highest BCUT2D eigenvalue weighted by Gasteiger charge is 2.26. The minimum absolute atomic E-state index is 0.602. The predicted molar refractivity (Wildman–Crippen MR) is 83.6 cm³/mol. The van der Waals surface area contributed by atoms with Crippen molar-refractivity contribution < 1.29 is 0 Å². The molecule has 0 radical (unpaired) electrons. The maximum absolute atomic E-state index is 4.30. The second kappa shape index (κ2) is 6.41. The molecule has 20 heavy (non-hydrogen) atoms. The van der Waals surface area contributed by atoms with E-state index in [0.717, 1.165) is 28.7 Å². The summed E-state index contributed by atoms with van der Waals surface area (Å²) in [6.07, 6.45) is 6.12. The van der Waals surface area contributed by atoms with Gasteiger partial charge in [0.25, 0.3) is 0 Å². The van der Waals surface area contributed by atoms with E-state index in [9.17, 15) is 0 Å². The van der Waals surface area contributed by atoms with Crippen LogP contribution >= 0.6 is 11.8 Å². The smallest absolute Gasteiger partial charge is 0.117 e. The quantitative estimate of drug-likeness (QED) is 0.888. The van der Waals surface area contributed by atoms with Crippen LogP contribution in [0.25, 0.3) is 11.3 Å². The van der Waals surface area contributed by atoms with E-state index < -0.39 is 0 Å². The first kappa shape index (κ1) is 13.6. The molecule has 1 fully saturated rings. The Bertz CT molecular complexity index is 540. The van der Waals surface area contributed by atoms with Crippen LogP contribution in [0.4, 0.5) is 0 Å². The lowest BCUT2D eigenvalue weighted by molar-refractivity contribution is 0.527. The Labute approximate surface area is 123 Å². The van der Waals surface area contributed by atoms with E-state index in [4.69, 9.17) is 0 Å². The lowest BCUT2D eigenvalue weighted by Gasteiger charge is -2.18. The molecule has 1 aromatic heterocycles. The summed E-state index contributed by atoms with van der Waals surface area (Å²) in [6, 6.07) is 10.8. The number of aromatic nitrogens is 3. The van der Waals surface area contributed by atoms with Gasteiger partial charge in [-0.05, 0) is 19.1 Å². The summed E-state index contributed by atoms with van der Waals surface area (Å²) in [6.45, 7) is 0.780. The van der Waals surface area contributed by atoms with E-state index in [-0.39, 0.29) is 0 Å². The van der Waals surface area contributed by atoms with Crippen LogP contribution in [-0.4, -0.2) is 33.0 Å². The second-order valence-electron chi connectivity index (χ2n) is 5.18. The second-order valence-corrected chi connectivity index (χ2v) is 6.25. The molecule has 2 aromatic rings. The third-order valence-electron chi connectivity index (χ3n) is 3.95. The van der Waals surface area contributed by atoms with Crippen LogP contribution in [-0.2, 0) is 6.54 Å². The van der Waals surface area contributed by atoms with Crippen molar-refractivity contribution in [3.05, 3.63) is 36.0 Å². The molecule has 106 valence electrons. The van der Waals surface area contributed by atoms with Gasteiger partial charge in [0.1, 0.15) is 11.4 Å². The topological polar surface area (TPSA) is 53.6 Å². The average molecular weight is 288 g/mol. The summed E-state index contributed by atoms with van der Waals surface area (Å²) in [5, 5.41) is 15.7. The number of nitrogens with one attached hydrogen (secondary N) is 2. The number of benzene rings is 1. The van der Waals surface area contributed by atoms with Crippen molar-refractivity contribution in [2.75, 3.05) is 6.26 Å². The van der Waals surface area contributed by atoms with Gasteiger partial charge in [-0.25, -0.2) is 0 Å². The molecular weight excluding hydrogens is 268 g/mol. The Hall–Kier alpha value is -1.33. The summed E-state index contributed by atoms with van der Waals surface area (Å²) >= 11 is 1.97. The summed E-state index contributed by atoms with van der Waals surface area (Å²) in [7, 11) is 0. The van der Waals surface area contributed by atoms with Gasteiger partial charge in [-0.2, -0.15) is 27.2 Å². The molecule has 2 N–H and O–H groups in total. The number of hydrogen-bond acceptors (Lipinski definition) is 4. The largest absolute Gasteiger partial charge is 0.307 e. The first-order valence-corrected chi connectivity index (χ1v) is 8.38. The monoisotopic (exact) mass is 288 g/mol. The molecule has 0 aliphatic heterocycles. The SMILES string of the molecule is CSC1CCCC1NCc1n[nH]nc1-c1ccccc1. The summed E-state index contributed by atoms with van der Waals surface area (Å²) in [5.74, 6) is 0. The van der Waals surface area contributed by atoms with Gasteiger partial charge in [0.15, 0.2) is 0 Å². The zero-order valence-corrected chi connectivity index (χ0v) is 12.5. The molecule has 2 unspecified atom stereocenters. The zero-order chi connectivity index (χ0) is 13.8. The maximum Gasteiger partial charge on any atom is 0.117 e. The van der Waals surface area contributed by atoms with Crippen LogP contribution < -0.4 is 5.32 Å². The van der Waals surface area contributed by atoms with Crippen molar-refractivity contribution in [1.82, 2.24) is 20.7 Å². The van der Waals surface area contributed by atoms with E-state index in [2.05, 4.69) is 39.1 Å². The fourth-order valence-electron chi connectivity index (χ4n) is 2.87. The molecule has 3 rings (SSSR count). The number of thioether (sulfide) groups is 1. The van der Waals surface area contributed by atoms with Gasteiger partial charge in [-0.3, -0.25) is 0 Å². The minimum Gasteiger partial charge on any atom is -0.307 e. The molecular formula is C15H20N4S. The highest BCUT2D eigenvalue weighted by atomic mass is 32.2. The van der Waals surface area contributed by atoms with Crippen LogP contribution in [0.5, 0.6) is 0 Å². The van der Waals surface area contributed by atoms with Crippen molar-refractivity contribution in [2.45, 2.75) is 37.1 Å². The molecule has 1 aromatic carbocycles. The Balaban J connectivity index is 1.68. The number of hydrogen-bond donors (Lipinski definition) is 2. The molecule has 4 nitrogen and oxygen atoms in total. The third kappa shape index (κ3) is 2.88. The lowest BCUT2D eigenvalue weighted by atomic mass is 10.1. The predicted octanol–water partition coefficient (Wildman–Crippen LogP) is 2.85. The number of nitrogens with zero attached hydrogens (tertiary/aromatic N) is 2. The molecule has 0 bridgehead atoms. The van der Waals surface area contributed by atoms with Crippen LogP contribution in [0, 0.1) is 0 Å². The number of rotatable bonds is 5. The first-order valence-electron chi connectivity index (χ1n) is 7.09. The van der Waals surface area contributed by atoms with E-state index in [1.54, 1.807) is 0 Å². The molecule has 2 atom stereocenters. The van der Waals surface area contributed by atoms with Gasteiger partial charge in [0.2, 0.25) is 0 Å². The van der Waals surface area contributed by atoms with Crippen molar-refractivity contribution in [3.63, 3.8) is 0 Å². The number of H-pyrrole nitrogens is 1. The van der Waals surface area contributed by atoms with E-state index in [1.807, 2.05) is 30.0 Å². The Morgan fingerprint density at radius 3 is 2.90 bits per heavy atom. The minimum atomic E-state index is 0.602. The van der Waals surface area contributed by atoms with Gasteiger partial charge in [0, 0.05) is 23.4 Å². The summed E-state index contributed by atoms with van der Waals surface area (Å²) < 4.78 is 0. The number of aromatic amines is 1. The molecule has 1 aliphatic carbocycles. The van der Waals surface area contributed by atoms with Gasteiger partial charge in [0.05, 0.1) is 0 Å². The summed E-state index contributed by atoms with van der Waals surface area (Å²) in [4.78, 5) is 0. The molecule has 5 heteroatoms. The molecule has 1 aliphatic rings. The van der Waals surface area contributed by atoms with Crippen LogP contribution in [0.3, 0.4) is 0 Å². The third-order valence-corrected chi connectivity index (χ3v) is 5.12. The fourth-order valence-corrected chi connectivity index (χ4v) is 3.84. The normalized spacial score (nSPS) is 22.2.